The summed E-state index contributed by atoms with van der Waals surface area (Å²) in [7, 11) is 0. The number of nitrogens with zero attached hydrogens (tertiary/aromatic N) is 1. The molecule has 0 bridgehead atoms. The van der Waals surface area contributed by atoms with E-state index in [2.05, 4.69) is 29.4 Å². The second-order valence-electron chi connectivity index (χ2n) is 4.95. The largest absolute Gasteiger partial charge is 0.348 e. The molecule has 2 atom stereocenters. The van der Waals surface area contributed by atoms with E-state index >= 15 is 0 Å². The van der Waals surface area contributed by atoms with Crippen molar-refractivity contribution >= 4 is 28.6 Å². The van der Waals surface area contributed by atoms with Gasteiger partial charge >= 0.3 is 0 Å². The van der Waals surface area contributed by atoms with Gasteiger partial charge in [-0.25, -0.2) is 4.98 Å². The monoisotopic (exact) mass is 309 g/mol. The molecule has 2 aromatic heterocycles. The number of carbonyl (C=O) groups is 1. The summed E-state index contributed by atoms with van der Waals surface area (Å²) in [6.45, 7) is 5.95. The molecular formula is C14H19N3OS2. The van der Waals surface area contributed by atoms with Crippen molar-refractivity contribution < 1.29 is 4.79 Å². The Balaban J connectivity index is 1.93. The summed E-state index contributed by atoms with van der Waals surface area (Å²) in [5.41, 5.74) is 6.21. The molecule has 108 valence electrons. The van der Waals surface area contributed by atoms with Crippen LogP contribution in [-0.2, 0) is 6.42 Å². The van der Waals surface area contributed by atoms with Crippen molar-refractivity contribution in [1.82, 2.24) is 10.3 Å². The highest BCUT2D eigenvalue weighted by Gasteiger charge is 2.15. The van der Waals surface area contributed by atoms with Gasteiger partial charge in [-0.05, 0) is 32.9 Å². The molecule has 0 saturated carbocycles. The van der Waals surface area contributed by atoms with Gasteiger partial charge in [-0.15, -0.1) is 22.7 Å². The third kappa shape index (κ3) is 3.88. The Kier molecular flexibility index (Phi) is 4.91. The maximum atomic E-state index is 12.1. The summed E-state index contributed by atoms with van der Waals surface area (Å²) < 4.78 is 0. The Hall–Kier alpha value is -1.24. The van der Waals surface area contributed by atoms with Crippen LogP contribution in [0.4, 0.5) is 0 Å². The maximum Gasteiger partial charge on any atom is 0.270 e. The maximum absolute atomic E-state index is 12.1. The van der Waals surface area contributed by atoms with Crippen LogP contribution in [0.5, 0.6) is 0 Å². The van der Waals surface area contributed by atoms with Crippen molar-refractivity contribution in [2.45, 2.75) is 39.3 Å². The van der Waals surface area contributed by atoms with E-state index in [0.717, 1.165) is 11.4 Å². The van der Waals surface area contributed by atoms with E-state index in [1.54, 1.807) is 16.7 Å². The van der Waals surface area contributed by atoms with E-state index in [1.807, 2.05) is 13.8 Å². The lowest BCUT2D eigenvalue weighted by Gasteiger charge is -2.11. The van der Waals surface area contributed by atoms with Crippen LogP contribution >= 0.6 is 22.7 Å². The fourth-order valence-corrected chi connectivity index (χ4v) is 3.62. The minimum absolute atomic E-state index is 0.0843. The van der Waals surface area contributed by atoms with Gasteiger partial charge in [0.15, 0.2) is 0 Å². The number of rotatable bonds is 5. The molecule has 0 spiro atoms. The van der Waals surface area contributed by atoms with Crippen molar-refractivity contribution in [1.29, 1.82) is 0 Å². The third-order valence-corrected chi connectivity index (χ3v) is 4.89. The van der Waals surface area contributed by atoms with Gasteiger partial charge in [0.25, 0.3) is 5.91 Å². The Morgan fingerprint density at radius 1 is 1.45 bits per heavy atom. The Morgan fingerprint density at radius 2 is 2.20 bits per heavy atom. The smallest absolute Gasteiger partial charge is 0.270 e. The molecule has 3 N–H and O–H groups in total. The van der Waals surface area contributed by atoms with Crippen molar-refractivity contribution in [3.05, 3.63) is 38.0 Å². The van der Waals surface area contributed by atoms with Crippen LogP contribution in [0.15, 0.2) is 17.5 Å². The molecule has 0 radical (unpaired) electrons. The molecule has 0 aliphatic carbocycles. The van der Waals surface area contributed by atoms with Crippen LogP contribution in [0.1, 0.15) is 45.1 Å². The number of aromatic nitrogens is 1. The van der Waals surface area contributed by atoms with Crippen LogP contribution < -0.4 is 11.1 Å². The molecule has 20 heavy (non-hydrogen) atoms. The van der Waals surface area contributed by atoms with Crippen LogP contribution in [0.2, 0.25) is 0 Å². The summed E-state index contributed by atoms with van der Waals surface area (Å²) >= 11 is 3.19. The first-order valence-electron chi connectivity index (χ1n) is 6.53. The number of hydrogen-bond acceptors (Lipinski definition) is 5. The molecule has 0 aromatic carbocycles. The summed E-state index contributed by atoms with van der Waals surface area (Å²) in [5.74, 6) is -0.131. The van der Waals surface area contributed by atoms with E-state index in [0.29, 0.717) is 5.69 Å². The highest BCUT2D eigenvalue weighted by atomic mass is 32.1. The lowest BCUT2D eigenvalue weighted by molar-refractivity contribution is 0.0935. The van der Waals surface area contributed by atoms with Gasteiger partial charge in [0, 0.05) is 27.6 Å². The minimum Gasteiger partial charge on any atom is -0.348 e. The molecule has 1 amide bonds. The standard InChI is InChI=1S/C14H19N3OS2/c1-8(6-11-5-4-9(2)20-11)16-13(18)12-7-19-14(17-12)10(3)15/h4-5,7-8,10H,6,15H2,1-3H3,(H,16,18). The summed E-state index contributed by atoms with van der Waals surface area (Å²) in [6, 6.07) is 4.16. The second-order valence-corrected chi connectivity index (χ2v) is 7.21. The molecule has 2 rings (SSSR count). The first-order valence-corrected chi connectivity index (χ1v) is 8.22. The van der Waals surface area contributed by atoms with Gasteiger partial charge in [-0.2, -0.15) is 0 Å². The Labute approximate surface area is 127 Å². The quantitative estimate of drug-likeness (QED) is 0.892. The van der Waals surface area contributed by atoms with E-state index < -0.39 is 0 Å². The first-order chi connectivity index (χ1) is 9.45. The van der Waals surface area contributed by atoms with Gasteiger partial charge in [-0.3, -0.25) is 4.79 Å². The summed E-state index contributed by atoms with van der Waals surface area (Å²) in [4.78, 5) is 18.9. The first kappa shape index (κ1) is 15.2. The molecule has 2 heterocycles. The van der Waals surface area contributed by atoms with Crippen molar-refractivity contribution in [2.75, 3.05) is 0 Å². The van der Waals surface area contributed by atoms with E-state index in [1.165, 1.54) is 21.1 Å². The predicted molar refractivity (Wildman–Crippen MR) is 84.4 cm³/mol. The third-order valence-electron chi connectivity index (χ3n) is 2.82. The van der Waals surface area contributed by atoms with Gasteiger partial charge in [0.1, 0.15) is 10.7 Å². The van der Waals surface area contributed by atoms with Crippen LogP contribution in [0, 0.1) is 6.92 Å². The van der Waals surface area contributed by atoms with Gasteiger partial charge in [0.05, 0.1) is 6.04 Å². The van der Waals surface area contributed by atoms with E-state index in [4.69, 9.17) is 5.73 Å². The van der Waals surface area contributed by atoms with Crippen molar-refractivity contribution in [3.63, 3.8) is 0 Å². The SMILES string of the molecule is Cc1ccc(CC(C)NC(=O)c2csc(C(C)N)n2)s1. The zero-order valence-corrected chi connectivity index (χ0v) is 13.5. The number of thiophene rings is 1. The molecule has 2 unspecified atom stereocenters. The predicted octanol–water partition coefficient (Wildman–Crippen LogP) is 2.89. The molecule has 2 aromatic rings. The zero-order valence-electron chi connectivity index (χ0n) is 11.8. The average Bonchev–Trinajstić information content (AvgIpc) is 2.98. The van der Waals surface area contributed by atoms with E-state index in [-0.39, 0.29) is 18.0 Å². The average molecular weight is 309 g/mol. The highest BCUT2D eigenvalue weighted by molar-refractivity contribution is 7.11. The zero-order chi connectivity index (χ0) is 14.7. The fraction of sp³-hybridized carbons (Fsp3) is 0.429. The second kappa shape index (κ2) is 6.47. The molecule has 0 aliphatic heterocycles. The van der Waals surface area contributed by atoms with Crippen LogP contribution in [0.25, 0.3) is 0 Å². The van der Waals surface area contributed by atoms with Gasteiger partial charge < -0.3 is 11.1 Å². The molecule has 0 fully saturated rings. The van der Waals surface area contributed by atoms with E-state index in [9.17, 15) is 4.79 Å². The van der Waals surface area contributed by atoms with Gasteiger partial charge in [-0.1, -0.05) is 0 Å². The molecule has 4 nitrogen and oxygen atoms in total. The normalized spacial score (nSPS) is 14.0. The molecular weight excluding hydrogens is 290 g/mol. The topological polar surface area (TPSA) is 68.0 Å². The molecule has 0 aliphatic rings. The molecule has 6 heteroatoms. The van der Waals surface area contributed by atoms with Crippen molar-refractivity contribution in [2.24, 2.45) is 5.73 Å². The number of amides is 1. The number of nitrogens with two attached hydrogens (primary N) is 1. The minimum atomic E-state index is -0.131. The lowest BCUT2D eigenvalue weighted by atomic mass is 10.2. The number of hydrogen-bond donors (Lipinski definition) is 2. The number of thiazole rings is 1. The fourth-order valence-electron chi connectivity index (χ4n) is 1.85. The Bertz CT molecular complexity index is 589. The number of carbonyl (C=O) groups excluding carboxylic acids is 1. The van der Waals surface area contributed by atoms with Crippen LogP contribution in [-0.4, -0.2) is 16.9 Å². The summed E-state index contributed by atoms with van der Waals surface area (Å²) in [5, 5.41) is 5.53. The van der Waals surface area contributed by atoms with Crippen molar-refractivity contribution in [3.8, 4) is 0 Å². The highest BCUT2D eigenvalue weighted by Crippen LogP contribution is 2.18. The van der Waals surface area contributed by atoms with Gasteiger partial charge in [0.2, 0.25) is 0 Å². The molecule has 0 saturated heterocycles. The number of nitrogens with one attached hydrogen (secondary N) is 1. The van der Waals surface area contributed by atoms with Crippen LogP contribution in [0.3, 0.4) is 0 Å². The lowest BCUT2D eigenvalue weighted by Crippen LogP contribution is -2.34. The Morgan fingerprint density at radius 3 is 2.75 bits per heavy atom. The number of aryl methyl sites for hydroxylation is 1. The summed E-state index contributed by atoms with van der Waals surface area (Å²) in [6.07, 6.45) is 0.842.